The lowest BCUT2D eigenvalue weighted by Gasteiger charge is -2.19. The minimum absolute atomic E-state index is 0.00477. The van der Waals surface area contributed by atoms with Crippen molar-refractivity contribution < 1.29 is 9.90 Å². The number of benzene rings is 1. The van der Waals surface area contributed by atoms with Crippen LogP contribution in [0, 0.1) is 6.92 Å². The largest absolute Gasteiger partial charge is 0.464 e. The third-order valence-electron chi connectivity index (χ3n) is 3.08. The van der Waals surface area contributed by atoms with E-state index in [0.29, 0.717) is 5.52 Å². The van der Waals surface area contributed by atoms with Gasteiger partial charge in [-0.2, -0.15) is 0 Å². The lowest BCUT2D eigenvalue weighted by molar-refractivity contribution is 0.157. The number of anilines is 1. The van der Waals surface area contributed by atoms with Crippen LogP contribution in [0.15, 0.2) is 23.0 Å². The maximum Gasteiger partial charge on any atom is 0.426 e. The Labute approximate surface area is 115 Å². The topological polar surface area (TPSA) is 87.5 Å². The van der Waals surface area contributed by atoms with Gasteiger partial charge in [0.15, 0.2) is 0 Å². The zero-order valence-electron chi connectivity index (χ0n) is 11.5. The summed E-state index contributed by atoms with van der Waals surface area (Å²) in [5.41, 5.74) is 4.48. The van der Waals surface area contributed by atoms with Gasteiger partial charge in [0.2, 0.25) is 5.82 Å². The molecule has 1 aromatic carbocycles. The minimum Gasteiger partial charge on any atom is -0.464 e. The molecule has 0 radical (unpaired) electrons. The molecule has 0 spiro atoms. The molecule has 2 aromatic rings. The van der Waals surface area contributed by atoms with Gasteiger partial charge >= 0.3 is 6.09 Å². The maximum absolute atomic E-state index is 12.2. The Balaban J connectivity index is 2.59. The zero-order valence-corrected chi connectivity index (χ0v) is 11.5. The van der Waals surface area contributed by atoms with Crippen LogP contribution in [-0.4, -0.2) is 32.3 Å². The fraction of sp³-hybridized carbons (Fsp3) is 0.308. The molecule has 0 atom stereocenters. The van der Waals surface area contributed by atoms with Crippen LogP contribution < -0.4 is 11.0 Å². The van der Waals surface area contributed by atoms with Gasteiger partial charge < -0.3 is 9.67 Å². The number of hydrogen-bond donors (Lipinski definition) is 2. The van der Waals surface area contributed by atoms with E-state index in [0.717, 1.165) is 16.1 Å². The molecule has 0 fully saturated rings. The van der Waals surface area contributed by atoms with Crippen molar-refractivity contribution in [2.24, 2.45) is 7.05 Å². The molecule has 1 heterocycles. The zero-order chi connectivity index (χ0) is 14.9. The first-order valence-electron chi connectivity index (χ1n) is 6.19. The fourth-order valence-corrected chi connectivity index (χ4v) is 2.06. The van der Waals surface area contributed by atoms with Crippen LogP contribution in [0.3, 0.4) is 0 Å². The molecule has 0 bridgehead atoms. The van der Waals surface area contributed by atoms with Crippen LogP contribution in [-0.2, 0) is 7.05 Å². The molecule has 0 saturated carbocycles. The molecule has 0 unspecified atom stereocenters. The molecule has 0 aliphatic heterocycles. The number of fused-ring (bicyclic) bond motifs is 1. The third-order valence-corrected chi connectivity index (χ3v) is 3.08. The lowest BCUT2D eigenvalue weighted by atomic mass is 10.2. The van der Waals surface area contributed by atoms with E-state index in [1.807, 2.05) is 19.1 Å². The van der Waals surface area contributed by atoms with Crippen molar-refractivity contribution in [2.45, 2.75) is 13.8 Å². The molecule has 1 aromatic heterocycles. The highest BCUT2D eigenvalue weighted by atomic mass is 16.4. The summed E-state index contributed by atoms with van der Waals surface area (Å²) < 4.78 is 1.47. The predicted molar refractivity (Wildman–Crippen MR) is 75.7 cm³/mol. The van der Waals surface area contributed by atoms with E-state index in [1.54, 1.807) is 20.0 Å². The number of aromatic nitrogens is 2. The number of rotatable bonds is 3. The van der Waals surface area contributed by atoms with Crippen molar-refractivity contribution in [3.63, 3.8) is 0 Å². The summed E-state index contributed by atoms with van der Waals surface area (Å²) in [6.45, 7) is 3.76. The molecule has 1 amide bonds. The summed E-state index contributed by atoms with van der Waals surface area (Å²) in [6.07, 6.45) is -1.17. The predicted octanol–water partition coefficient (Wildman–Crippen LogP) is 1.57. The average Bonchev–Trinajstić information content (AvgIpc) is 2.40. The number of hydrogen-bond acceptors (Lipinski definition) is 4. The molecule has 0 aliphatic carbocycles. The maximum atomic E-state index is 12.2. The molecule has 20 heavy (non-hydrogen) atoms. The quantitative estimate of drug-likeness (QED) is 0.831. The molecule has 7 heteroatoms. The van der Waals surface area contributed by atoms with Gasteiger partial charge in [-0.15, -0.1) is 0 Å². The molecule has 7 nitrogen and oxygen atoms in total. The van der Waals surface area contributed by atoms with Crippen LogP contribution in [0.4, 0.5) is 10.6 Å². The lowest BCUT2D eigenvalue weighted by Crippen LogP contribution is -2.38. The van der Waals surface area contributed by atoms with E-state index < -0.39 is 6.09 Å². The van der Waals surface area contributed by atoms with Crippen molar-refractivity contribution >= 4 is 22.9 Å². The number of carboxylic acid groups (broad SMARTS) is 1. The average molecular weight is 276 g/mol. The Morgan fingerprint density at radius 1 is 1.50 bits per heavy atom. The number of aryl methyl sites for hydroxylation is 2. The SMILES string of the molecule is CCN(Nc1nc2cccc(C)c2n(C)c1=O)C(=O)O. The summed E-state index contributed by atoms with van der Waals surface area (Å²) in [5, 5.41) is 9.89. The Morgan fingerprint density at radius 3 is 2.80 bits per heavy atom. The smallest absolute Gasteiger partial charge is 0.426 e. The van der Waals surface area contributed by atoms with Crippen LogP contribution in [0.1, 0.15) is 12.5 Å². The van der Waals surface area contributed by atoms with Crippen LogP contribution in [0.5, 0.6) is 0 Å². The van der Waals surface area contributed by atoms with E-state index in [4.69, 9.17) is 5.11 Å². The Morgan fingerprint density at radius 2 is 2.20 bits per heavy atom. The highest BCUT2D eigenvalue weighted by molar-refractivity contribution is 5.79. The first-order valence-corrected chi connectivity index (χ1v) is 6.19. The Hall–Kier alpha value is -2.57. The van der Waals surface area contributed by atoms with Gasteiger partial charge in [0.1, 0.15) is 0 Å². The van der Waals surface area contributed by atoms with Gasteiger partial charge in [-0.25, -0.2) is 14.8 Å². The number of nitrogens with zero attached hydrogens (tertiary/aromatic N) is 3. The number of para-hydroxylation sites is 1. The second kappa shape index (κ2) is 5.20. The molecule has 2 N–H and O–H groups in total. The van der Waals surface area contributed by atoms with Gasteiger partial charge in [0.05, 0.1) is 11.0 Å². The summed E-state index contributed by atoms with van der Waals surface area (Å²) in [7, 11) is 1.64. The van der Waals surface area contributed by atoms with Crippen molar-refractivity contribution in [3.8, 4) is 0 Å². The normalized spacial score (nSPS) is 10.6. The standard InChI is InChI=1S/C13H16N4O3/c1-4-17(13(19)20)15-11-12(18)16(3)10-8(2)6-5-7-9(10)14-11/h5-7H,4H2,1-3H3,(H,14,15)(H,19,20). The first-order chi connectivity index (χ1) is 9.45. The van der Waals surface area contributed by atoms with Gasteiger partial charge in [-0.1, -0.05) is 12.1 Å². The van der Waals surface area contributed by atoms with Crippen LogP contribution in [0.2, 0.25) is 0 Å². The molecule has 2 rings (SSSR count). The Bertz CT molecular complexity index is 723. The monoisotopic (exact) mass is 276 g/mol. The van der Waals surface area contributed by atoms with Gasteiger partial charge in [0.25, 0.3) is 5.56 Å². The summed E-state index contributed by atoms with van der Waals surface area (Å²) in [6, 6.07) is 5.52. The first kappa shape index (κ1) is 13.9. The van der Waals surface area contributed by atoms with E-state index in [2.05, 4.69) is 10.4 Å². The van der Waals surface area contributed by atoms with E-state index in [9.17, 15) is 9.59 Å². The second-order valence-electron chi connectivity index (χ2n) is 4.41. The third kappa shape index (κ3) is 2.29. The molecule has 0 saturated heterocycles. The molecular weight excluding hydrogens is 260 g/mol. The van der Waals surface area contributed by atoms with Gasteiger partial charge in [0, 0.05) is 13.6 Å². The Kier molecular flexibility index (Phi) is 3.60. The van der Waals surface area contributed by atoms with Crippen LogP contribution >= 0.6 is 0 Å². The van der Waals surface area contributed by atoms with Gasteiger partial charge in [-0.3, -0.25) is 10.2 Å². The summed E-state index contributed by atoms with van der Waals surface area (Å²) in [5.74, 6) is -0.00477. The van der Waals surface area contributed by atoms with E-state index in [-0.39, 0.29) is 17.9 Å². The molecule has 106 valence electrons. The number of hydrazine groups is 1. The molecule has 0 aliphatic rings. The second-order valence-corrected chi connectivity index (χ2v) is 4.41. The van der Waals surface area contributed by atoms with E-state index >= 15 is 0 Å². The number of nitrogens with one attached hydrogen (secondary N) is 1. The van der Waals surface area contributed by atoms with Gasteiger partial charge in [-0.05, 0) is 25.5 Å². The van der Waals surface area contributed by atoms with Crippen molar-refractivity contribution in [2.75, 3.05) is 12.0 Å². The van der Waals surface area contributed by atoms with Crippen molar-refractivity contribution in [1.29, 1.82) is 0 Å². The highest BCUT2D eigenvalue weighted by Gasteiger charge is 2.15. The summed E-state index contributed by atoms with van der Waals surface area (Å²) in [4.78, 5) is 27.4. The van der Waals surface area contributed by atoms with Crippen molar-refractivity contribution in [3.05, 3.63) is 34.1 Å². The highest BCUT2D eigenvalue weighted by Crippen LogP contribution is 2.15. The number of carbonyl (C=O) groups is 1. The fourth-order valence-electron chi connectivity index (χ4n) is 2.06. The van der Waals surface area contributed by atoms with E-state index in [1.165, 1.54) is 4.57 Å². The summed E-state index contributed by atoms with van der Waals surface area (Å²) >= 11 is 0. The minimum atomic E-state index is -1.17. The van der Waals surface area contributed by atoms with Crippen LogP contribution in [0.25, 0.3) is 11.0 Å². The van der Waals surface area contributed by atoms with Crippen molar-refractivity contribution in [1.82, 2.24) is 14.6 Å². The molecular formula is C13H16N4O3. The number of amides is 1.